The molecule has 26 heavy (non-hydrogen) atoms. The van der Waals surface area contributed by atoms with E-state index in [0.29, 0.717) is 6.04 Å². The summed E-state index contributed by atoms with van der Waals surface area (Å²) in [6.45, 7) is 12.8. The van der Waals surface area contributed by atoms with Crippen molar-refractivity contribution in [3.05, 3.63) is 23.9 Å². The van der Waals surface area contributed by atoms with Crippen LogP contribution in [-0.4, -0.2) is 61.7 Å². The third kappa shape index (κ3) is 6.16. The summed E-state index contributed by atoms with van der Waals surface area (Å²) < 4.78 is 0. The number of nitrogens with zero attached hydrogens (tertiary/aromatic N) is 4. The second kappa shape index (κ2) is 11.0. The van der Waals surface area contributed by atoms with Crippen LogP contribution in [0.25, 0.3) is 0 Å². The van der Waals surface area contributed by atoms with Crippen LogP contribution in [0.5, 0.6) is 0 Å². The maximum atomic E-state index is 4.59. The zero-order chi connectivity index (χ0) is 18.8. The van der Waals surface area contributed by atoms with Gasteiger partial charge in [0, 0.05) is 52.0 Å². The normalized spacial score (nSPS) is 16.5. The summed E-state index contributed by atoms with van der Waals surface area (Å²) in [7, 11) is 1.84. The number of aliphatic imine (C=N–C) groups is 1. The van der Waals surface area contributed by atoms with Crippen LogP contribution < -0.4 is 15.5 Å². The van der Waals surface area contributed by atoms with Crippen molar-refractivity contribution in [2.24, 2.45) is 4.99 Å². The minimum Gasteiger partial charge on any atom is -0.357 e. The van der Waals surface area contributed by atoms with Gasteiger partial charge in [-0.15, -0.1) is 0 Å². The minimum atomic E-state index is 0.512. The number of piperidine rings is 1. The van der Waals surface area contributed by atoms with Gasteiger partial charge in [-0.25, -0.2) is 4.98 Å². The minimum absolute atomic E-state index is 0.512. The first kappa shape index (κ1) is 20.5. The van der Waals surface area contributed by atoms with Gasteiger partial charge < -0.3 is 20.4 Å². The van der Waals surface area contributed by atoms with Crippen molar-refractivity contribution >= 4 is 11.8 Å². The largest absolute Gasteiger partial charge is 0.357 e. The quantitative estimate of drug-likeness (QED) is 0.551. The number of guanidine groups is 1. The summed E-state index contributed by atoms with van der Waals surface area (Å²) in [6, 6.07) is 4.76. The highest BCUT2D eigenvalue weighted by atomic mass is 15.2. The Morgan fingerprint density at radius 3 is 2.50 bits per heavy atom. The summed E-state index contributed by atoms with van der Waals surface area (Å²) in [4.78, 5) is 13.8. The number of hydrogen-bond donors (Lipinski definition) is 2. The highest BCUT2D eigenvalue weighted by Crippen LogP contribution is 2.12. The monoisotopic (exact) mass is 360 g/mol. The average Bonchev–Trinajstić information content (AvgIpc) is 2.68. The lowest BCUT2D eigenvalue weighted by Crippen LogP contribution is -2.48. The molecule has 2 heterocycles. The van der Waals surface area contributed by atoms with Gasteiger partial charge in [-0.2, -0.15) is 0 Å². The van der Waals surface area contributed by atoms with Gasteiger partial charge in [-0.05, 0) is 51.3 Å². The Hall–Kier alpha value is -1.82. The lowest BCUT2D eigenvalue weighted by atomic mass is 10.1. The molecule has 1 saturated heterocycles. The molecule has 1 fully saturated rings. The molecule has 0 aromatic carbocycles. The van der Waals surface area contributed by atoms with Crippen LogP contribution in [0.1, 0.15) is 45.6 Å². The predicted octanol–water partition coefficient (Wildman–Crippen LogP) is 2.47. The Morgan fingerprint density at radius 1 is 1.23 bits per heavy atom. The number of aromatic nitrogens is 1. The van der Waals surface area contributed by atoms with Crippen molar-refractivity contribution in [2.45, 2.75) is 52.6 Å². The smallest absolute Gasteiger partial charge is 0.191 e. The first-order valence-corrected chi connectivity index (χ1v) is 10.1. The maximum Gasteiger partial charge on any atom is 0.191 e. The molecule has 1 aliphatic rings. The van der Waals surface area contributed by atoms with Crippen molar-refractivity contribution in [3.8, 4) is 0 Å². The third-order valence-electron chi connectivity index (χ3n) is 5.05. The average molecular weight is 361 g/mol. The van der Waals surface area contributed by atoms with E-state index in [0.717, 1.165) is 31.4 Å². The number of anilines is 1. The van der Waals surface area contributed by atoms with E-state index in [1.54, 1.807) is 0 Å². The van der Waals surface area contributed by atoms with Crippen LogP contribution in [0.15, 0.2) is 23.3 Å². The van der Waals surface area contributed by atoms with E-state index in [2.05, 4.69) is 63.3 Å². The molecule has 2 rings (SSSR count). The number of hydrogen-bond acceptors (Lipinski definition) is 4. The Labute approximate surface area is 159 Å². The molecule has 6 heteroatoms. The van der Waals surface area contributed by atoms with Crippen LogP contribution >= 0.6 is 0 Å². The molecule has 1 aliphatic heterocycles. The van der Waals surface area contributed by atoms with Crippen LogP contribution in [0.2, 0.25) is 0 Å². The van der Waals surface area contributed by atoms with Crippen LogP contribution in [0, 0.1) is 0 Å². The van der Waals surface area contributed by atoms with Crippen molar-refractivity contribution in [2.75, 3.05) is 44.7 Å². The number of rotatable bonds is 8. The zero-order valence-electron chi connectivity index (χ0n) is 17.0. The number of likely N-dealkylation sites (tertiary alicyclic amines) is 1. The molecule has 0 amide bonds. The fourth-order valence-corrected chi connectivity index (χ4v) is 3.45. The van der Waals surface area contributed by atoms with E-state index in [9.17, 15) is 0 Å². The standard InChI is InChI=1S/C20H36N6/c1-5-12-25-13-10-18(11-14-25)24-20(21-4)23-16-17-8-9-19(22-15-17)26(6-2)7-3/h8-9,15,18H,5-7,10-14,16H2,1-4H3,(H2,21,23,24). The summed E-state index contributed by atoms with van der Waals surface area (Å²) in [5.74, 6) is 1.92. The van der Waals surface area contributed by atoms with Crippen LogP contribution in [0.4, 0.5) is 5.82 Å². The molecule has 1 aromatic rings. The van der Waals surface area contributed by atoms with Crippen molar-refractivity contribution in [1.29, 1.82) is 0 Å². The van der Waals surface area contributed by atoms with E-state index in [-0.39, 0.29) is 0 Å². The lowest BCUT2D eigenvalue weighted by molar-refractivity contribution is 0.206. The Bertz CT molecular complexity index is 530. The summed E-state index contributed by atoms with van der Waals surface area (Å²) in [5.41, 5.74) is 1.17. The van der Waals surface area contributed by atoms with Gasteiger partial charge in [0.1, 0.15) is 5.82 Å². The third-order valence-corrected chi connectivity index (χ3v) is 5.05. The molecule has 0 saturated carbocycles. The summed E-state index contributed by atoms with van der Waals surface area (Å²) >= 11 is 0. The summed E-state index contributed by atoms with van der Waals surface area (Å²) in [5, 5.41) is 6.99. The predicted molar refractivity (Wildman–Crippen MR) is 111 cm³/mol. The molecule has 0 radical (unpaired) electrons. The molecule has 6 nitrogen and oxygen atoms in total. The first-order chi connectivity index (χ1) is 12.7. The molecule has 0 atom stereocenters. The van der Waals surface area contributed by atoms with Gasteiger partial charge in [0.05, 0.1) is 0 Å². The van der Waals surface area contributed by atoms with Gasteiger partial charge in [0.15, 0.2) is 5.96 Å². The molecule has 0 spiro atoms. The molecule has 0 bridgehead atoms. The topological polar surface area (TPSA) is 55.8 Å². The van der Waals surface area contributed by atoms with Gasteiger partial charge in [0.25, 0.3) is 0 Å². The van der Waals surface area contributed by atoms with E-state index < -0.39 is 0 Å². The molecular weight excluding hydrogens is 324 g/mol. The Kier molecular flexibility index (Phi) is 8.68. The second-order valence-electron chi connectivity index (χ2n) is 6.88. The molecule has 1 aromatic heterocycles. The van der Waals surface area contributed by atoms with Crippen molar-refractivity contribution in [1.82, 2.24) is 20.5 Å². The Balaban J connectivity index is 1.78. The SMILES string of the molecule is CCCN1CCC(NC(=NC)NCc2ccc(N(CC)CC)nc2)CC1. The Morgan fingerprint density at radius 2 is 1.96 bits per heavy atom. The lowest BCUT2D eigenvalue weighted by Gasteiger charge is -2.32. The second-order valence-corrected chi connectivity index (χ2v) is 6.88. The van der Waals surface area contributed by atoms with E-state index >= 15 is 0 Å². The summed E-state index contributed by atoms with van der Waals surface area (Å²) in [6.07, 6.45) is 5.56. The van der Waals surface area contributed by atoms with E-state index in [1.807, 2.05) is 13.2 Å². The first-order valence-electron chi connectivity index (χ1n) is 10.1. The molecule has 0 unspecified atom stereocenters. The van der Waals surface area contributed by atoms with Crippen LogP contribution in [0.3, 0.4) is 0 Å². The van der Waals surface area contributed by atoms with Crippen molar-refractivity contribution < 1.29 is 0 Å². The van der Waals surface area contributed by atoms with Crippen molar-refractivity contribution in [3.63, 3.8) is 0 Å². The molecule has 0 aliphatic carbocycles. The maximum absolute atomic E-state index is 4.59. The van der Waals surface area contributed by atoms with Gasteiger partial charge in [0.2, 0.25) is 0 Å². The van der Waals surface area contributed by atoms with Gasteiger partial charge in [-0.1, -0.05) is 13.0 Å². The van der Waals surface area contributed by atoms with Gasteiger partial charge >= 0.3 is 0 Å². The molecule has 146 valence electrons. The zero-order valence-corrected chi connectivity index (χ0v) is 17.0. The van der Waals surface area contributed by atoms with E-state index in [1.165, 1.54) is 44.5 Å². The van der Waals surface area contributed by atoms with Crippen LogP contribution in [-0.2, 0) is 6.54 Å². The number of pyridine rings is 1. The molecule has 2 N–H and O–H groups in total. The highest BCUT2D eigenvalue weighted by molar-refractivity contribution is 5.79. The van der Waals surface area contributed by atoms with E-state index in [4.69, 9.17) is 0 Å². The highest BCUT2D eigenvalue weighted by Gasteiger charge is 2.19. The fraction of sp³-hybridized carbons (Fsp3) is 0.700. The molecular formula is C20H36N6. The number of nitrogens with one attached hydrogen (secondary N) is 2. The fourth-order valence-electron chi connectivity index (χ4n) is 3.45. The van der Waals surface area contributed by atoms with Gasteiger partial charge in [-0.3, -0.25) is 4.99 Å².